The molecular weight excluding hydrogens is 568 g/mol. The van der Waals surface area contributed by atoms with E-state index in [2.05, 4.69) is 121 Å². The van der Waals surface area contributed by atoms with Crippen molar-refractivity contribution in [3.63, 3.8) is 0 Å². The number of aliphatic hydroxyl groups is 2. The van der Waals surface area contributed by atoms with Crippen LogP contribution in [0.3, 0.4) is 0 Å². The predicted molar refractivity (Wildman–Crippen MR) is 184 cm³/mol. The molecule has 2 N–H and O–H groups in total. The fraction of sp³-hybridized carbons (Fsp3) is 0.143. The van der Waals surface area contributed by atoms with E-state index in [-0.39, 0.29) is 26.4 Å². The quantitative estimate of drug-likeness (QED) is 0.184. The van der Waals surface area contributed by atoms with Crippen LogP contribution in [0.5, 0.6) is 11.5 Å². The van der Waals surface area contributed by atoms with Crippen molar-refractivity contribution in [1.82, 2.24) is 0 Å². The molecule has 4 nitrogen and oxygen atoms in total. The Balaban J connectivity index is 0.000000215. The minimum absolute atomic E-state index is 0.0167. The van der Waals surface area contributed by atoms with Gasteiger partial charge < -0.3 is 19.7 Å². The lowest BCUT2D eigenvalue weighted by Crippen LogP contribution is -2.28. The highest BCUT2D eigenvalue weighted by atomic mass is 16.5. The van der Waals surface area contributed by atoms with Crippen molar-refractivity contribution in [1.29, 1.82) is 0 Å². The molecule has 0 radical (unpaired) electrons. The van der Waals surface area contributed by atoms with Crippen LogP contribution >= 0.6 is 0 Å². The molecule has 6 aromatic carbocycles. The van der Waals surface area contributed by atoms with E-state index in [1.165, 1.54) is 44.5 Å². The molecule has 2 aliphatic carbocycles. The number of fused-ring (bicyclic) bond motifs is 6. The predicted octanol–water partition coefficient (Wildman–Crippen LogP) is 8.05. The molecule has 0 atom stereocenters. The first kappa shape index (κ1) is 29.5. The Kier molecular flexibility index (Phi) is 8.39. The van der Waals surface area contributed by atoms with Crippen LogP contribution in [0.1, 0.15) is 33.4 Å². The highest BCUT2D eigenvalue weighted by Crippen LogP contribution is 2.56. The summed E-state index contributed by atoms with van der Waals surface area (Å²) in [6.07, 6.45) is 1.10. The van der Waals surface area contributed by atoms with Crippen LogP contribution in [0.15, 0.2) is 146 Å². The maximum absolute atomic E-state index is 9.09. The zero-order valence-corrected chi connectivity index (χ0v) is 25.6. The number of hydrogen-bond donors (Lipinski definition) is 2. The number of rotatable bonds is 8. The zero-order chi connectivity index (χ0) is 31.3. The topological polar surface area (TPSA) is 58.9 Å². The van der Waals surface area contributed by atoms with E-state index < -0.39 is 5.41 Å². The highest BCUT2D eigenvalue weighted by Gasteiger charge is 2.45. The van der Waals surface area contributed by atoms with Gasteiger partial charge >= 0.3 is 0 Å². The van der Waals surface area contributed by atoms with E-state index in [0.29, 0.717) is 0 Å². The van der Waals surface area contributed by atoms with E-state index in [0.717, 1.165) is 29.0 Å². The Morgan fingerprint density at radius 3 is 1.22 bits per heavy atom. The van der Waals surface area contributed by atoms with Gasteiger partial charge in [0.15, 0.2) is 0 Å². The summed E-state index contributed by atoms with van der Waals surface area (Å²) >= 11 is 0. The lowest BCUT2D eigenvalue weighted by atomic mass is 9.68. The van der Waals surface area contributed by atoms with Gasteiger partial charge in [-0.3, -0.25) is 0 Å². The third-order valence-corrected chi connectivity index (χ3v) is 8.95. The summed E-state index contributed by atoms with van der Waals surface area (Å²) in [7, 11) is 0. The monoisotopic (exact) mass is 604 g/mol. The number of hydrogen-bond acceptors (Lipinski definition) is 4. The molecule has 2 aliphatic rings. The van der Waals surface area contributed by atoms with Crippen molar-refractivity contribution in [2.45, 2.75) is 11.8 Å². The van der Waals surface area contributed by atoms with Crippen molar-refractivity contribution in [3.05, 3.63) is 179 Å². The Bertz CT molecular complexity index is 1800. The molecule has 0 heterocycles. The SMILES string of the molecule is OCCOc1ccc(C2(c3ccc(OCCO)cc3)c3ccccc3-c3ccccc32)cc1.c1ccc2c(c1)Cc1ccccc1-2. The summed E-state index contributed by atoms with van der Waals surface area (Å²) in [6, 6.07) is 50.8. The van der Waals surface area contributed by atoms with Gasteiger partial charge in [0.05, 0.1) is 18.6 Å². The molecule has 0 bridgehead atoms. The van der Waals surface area contributed by atoms with Crippen molar-refractivity contribution in [3.8, 4) is 33.8 Å². The Hall–Kier alpha value is -5.16. The zero-order valence-electron chi connectivity index (χ0n) is 25.6. The second kappa shape index (κ2) is 13.1. The summed E-state index contributed by atoms with van der Waals surface area (Å²) in [4.78, 5) is 0. The molecule has 4 heteroatoms. The van der Waals surface area contributed by atoms with Crippen molar-refractivity contribution in [2.24, 2.45) is 0 Å². The minimum atomic E-state index is -0.488. The summed E-state index contributed by atoms with van der Waals surface area (Å²) in [5.41, 5.74) is 12.5. The summed E-state index contributed by atoms with van der Waals surface area (Å²) in [5.74, 6) is 1.46. The van der Waals surface area contributed by atoms with Gasteiger partial charge in [-0.1, -0.05) is 121 Å². The standard InChI is InChI=1S/C29H26O4.C13H10/c30-17-19-32-23-13-9-21(10-14-23)29(22-11-15-24(16-12-22)33-20-18-31)27-7-3-1-5-25(27)26-6-2-4-8-28(26)29;1-3-7-12-10(5-1)9-11-6-2-4-8-13(11)12/h1-16,30-31H,17-20H2;1-8H,9H2. The maximum Gasteiger partial charge on any atom is 0.119 e. The van der Waals surface area contributed by atoms with Gasteiger partial charge in [0, 0.05) is 0 Å². The van der Waals surface area contributed by atoms with Crippen LogP contribution in [0.4, 0.5) is 0 Å². The van der Waals surface area contributed by atoms with Crippen LogP contribution in [0.2, 0.25) is 0 Å². The van der Waals surface area contributed by atoms with Crippen LogP contribution in [0.25, 0.3) is 22.3 Å². The fourth-order valence-electron chi connectivity index (χ4n) is 7.03. The lowest BCUT2D eigenvalue weighted by molar-refractivity contribution is 0.201. The number of ether oxygens (including phenoxy) is 2. The van der Waals surface area contributed by atoms with Crippen molar-refractivity contribution < 1.29 is 19.7 Å². The Morgan fingerprint density at radius 1 is 0.435 bits per heavy atom. The van der Waals surface area contributed by atoms with Gasteiger partial charge in [0.2, 0.25) is 0 Å². The maximum atomic E-state index is 9.09. The molecule has 0 aliphatic heterocycles. The highest BCUT2D eigenvalue weighted by molar-refractivity contribution is 5.86. The third kappa shape index (κ3) is 5.26. The normalized spacial score (nSPS) is 13.0. The van der Waals surface area contributed by atoms with E-state index in [9.17, 15) is 0 Å². The second-order valence-electron chi connectivity index (χ2n) is 11.5. The second-order valence-corrected chi connectivity index (χ2v) is 11.5. The van der Waals surface area contributed by atoms with Crippen LogP contribution in [-0.4, -0.2) is 36.6 Å². The first-order valence-electron chi connectivity index (χ1n) is 15.8. The van der Waals surface area contributed by atoms with Gasteiger partial charge in [-0.05, 0) is 86.3 Å². The number of benzene rings is 6. The van der Waals surface area contributed by atoms with Crippen LogP contribution in [-0.2, 0) is 11.8 Å². The van der Waals surface area contributed by atoms with Crippen LogP contribution < -0.4 is 9.47 Å². The first-order valence-corrected chi connectivity index (χ1v) is 15.8. The smallest absolute Gasteiger partial charge is 0.119 e. The molecule has 0 saturated carbocycles. The molecule has 6 aromatic rings. The van der Waals surface area contributed by atoms with Crippen molar-refractivity contribution in [2.75, 3.05) is 26.4 Å². The number of aliphatic hydroxyl groups excluding tert-OH is 2. The molecule has 46 heavy (non-hydrogen) atoms. The van der Waals surface area contributed by atoms with Crippen LogP contribution in [0, 0.1) is 0 Å². The minimum Gasteiger partial charge on any atom is -0.491 e. The van der Waals surface area contributed by atoms with Gasteiger partial charge in [-0.15, -0.1) is 0 Å². The molecule has 0 fully saturated rings. The van der Waals surface area contributed by atoms with E-state index in [4.69, 9.17) is 19.7 Å². The van der Waals surface area contributed by atoms with Gasteiger partial charge in [-0.25, -0.2) is 0 Å². The fourth-order valence-corrected chi connectivity index (χ4v) is 7.03. The Morgan fingerprint density at radius 2 is 0.804 bits per heavy atom. The van der Waals surface area contributed by atoms with Crippen molar-refractivity contribution >= 4 is 0 Å². The van der Waals surface area contributed by atoms with E-state index in [1.54, 1.807) is 0 Å². The molecule has 0 spiro atoms. The average molecular weight is 605 g/mol. The molecule has 8 rings (SSSR count). The van der Waals surface area contributed by atoms with Gasteiger partial charge in [-0.2, -0.15) is 0 Å². The first-order chi connectivity index (χ1) is 22.7. The average Bonchev–Trinajstić information content (AvgIpc) is 3.65. The third-order valence-electron chi connectivity index (χ3n) is 8.95. The summed E-state index contributed by atoms with van der Waals surface area (Å²) in [6.45, 7) is 0.505. The molecule has 228 valence electrons. The largest absolute Gasteiger partial charge is 0.491 e. The summed E-state index contributed by atoms with van der Waals surface area (Å²) in [5, 5.41) is 18.2. The Labute approximate surface area is 270 Å². The molecule has 0 aromatic heterocycles. The van der Waals surface area contributed by atoms with E-state index in [1.807, 2.05) is 24.3 Å². The van der Waals surface area contributed by atoms with Gasteiger partial charge in [0.1, 0.15) is 24.7 Å². The lowest BCUT2D eigenvalue weighted by Gasteiger charge is -2.34. The molecule has 0 unspecified atom stereocenters. The van der Waals surface area contributed by atoms with Gasteiger partial charge in [0.25, 0.3) is 0 Å². The molecule has 0 amide bonds. The van der Waals surface area contributed by atoms with E-state index >= 15 is 0 Å². The molecular formula is C42H36O4. The molecule has 0 saturated heterocycles. The summed E-state index contributed by atoms with van der Waals surface area (Å²) < 4.78 is 11.2.